The molecule has 0 radical (unpaired) electrons. The van der Waals surface area contributed by atoms with Gasteiger partial charge in [0, 0.05) is 38.4 Å². The summed E-state index contributed by atoms with van der Waals surface area (Å²) in [6, 6.07) is 6.62. The predicted molar refractivity (Wildman–Crippen MR) is 82.1 cm³/mol. The summed E-state index contributed by atoms with van der Waals surface area (Å²) < 4.78 is 18.3. The Labute approximate surface area is 126 Å². The van der Waals surface area contributed by atoms with Crippen molar-refractivity contribution in [3.8, 4) is 0 Å². The highest BCUT2D eigenvalue weighted by molar-refractivity contribution is 5.46. The zero-order chi connectivity index (χ0) is 15.2. The molecule has 1 saturated heterocycles. The topological polar surface area (TPSA) is 35.9 Å². The molecule has 0 saturated carbocycles. The van der Waals surface area contributed by atoms with E-state index in [-0.39, 0.29) is 11.9 Å². The van der Waals surface area contributed by atoms with Gasteiger partial charge >= 0.3 is 0 Å². The molecule has 0 bridgehead atoms. The van der Waals surface area contributed by atoms with Gasteiger partial charge in [0.25, 0.3) is 0 Å². The summed E-state index contributed by atoms with van der Waals surface area (Å²) in [6.07, 6.45) is -0.292. The van der Waals surface area contributed by atoms with E-state index in [0.29, 0.717) is 13.2 Å². The summed E-state index contributed by atoms with van der Waals surface area (Å²) >= 11 is 0. The lowest BCUT2D eigenvalue weighted by Gasteiger charge is -2.36. The fourth-order valence-electron chi connectivity index (χ4n) is 2.49. The smallest absolute Gasteiger partial charge is 0.123 e. The van der Waals surface area contributed by atoms with Gasteiger partial charge in [-0.2, -0.15) is 0 Å². The SMILES string of the molecule is CC(C)OCC(O)CN1CCN(c2ccc(F)cc2)CC1. The van der Waals surface area contributed by atoms with Crippen LogP contribution in [0.15, 0.2) is 24.3 Å². The summed E-state index contributed by atoms with van der Waals surface area (Å²) in [7, 11) is 0. The summed E-state index contributed by atoms with van der Waals surface area (Å²) in [5.41, 5.74) is 1.06. The Kier molecular flexibility index (Phi) is 5.96. The minimum atomic E-state index is -0.440. The Hall–Kier alpha value is -1.17. The molecule has 5 heteroatoms. The van der Waals surface area contributed by atoms with Gasteiger partial charge in [0.2, 0.25) is 0 Å². The zero-order valence-electron chi connectivity index (χ0n) is 12.8. The molecule has 1 aliphatic heterocycles. The monoisotopic (exact) mass is 296 g/mol. The van der Waals surface area contributed by atoms with Gasteiger partial charge in [0.1, 0.15) is 5.82 Å². The highest BCUT2D eigenvalue weighted by atomic mass is 19.1. The fraction of sp³-hybridized carbons (Fsp3) is 0.625. The van der Waals surface area contributed by atoms with Crippen LogP contribution >= 0.6 is 0 Å². The van der Waals surface area contributed by atoms with Gasteiger partial charge in [0.05, 0.1) is 18.8 Å². The number of piperazine rings is 1. The minimum absolute atomic E-state index is 0.148. The molecule has 118 valence electrons. The molecule has 0 amide bonds. The van der Waals surface area contributed by atoms with Crippen molar-refractivity contribution in [1.82, 2.24) is 4.90 Å². The van der Waals surface area contributed by atoms with Crippen LogP contribution in [0.2, 0.25) is 0 Å². The number of aliphatic hydroxyl groups excluding tert-OH is 1. The van der Waals surface area contributed by atoms with Crippen LogP contribution in [0.4, 0.5) is 10.1 Å². The van der Waals surface area contributed by atoms with E-state index in [1.165, 1.54) is 12.1 Å². The van der Waals surface area contributed by atoms with Crippen molar-refractivity contribution in [1.29, 1.82) is 0 Å². The number of nitrogens with zero attached hydrogens (tertiary/aromatic N) is 2. The molecule has 0 spiro atoms. The Morgan fingerprint density at radius 3 is 2.33 bits per heavy atom. The van der Waals surface area contributed by atoms with Crippen LogP contribution in [0.3, 0.4) is 0 Å². The first kappa shape index (κ1) is 16.2. The van der Waals surface area contributed by atoms with Crippen molar-refractivity contribution in [2.24, 2.45) is 0 Å². The molecule has 1 atom stereocenters. The Morgan fingerprint density at radius 2 is 1.76 bits per heavy atom. The van der Waals surface area contributed by atoms with Gasteiger partial charge in [-0.25, -0.2) is 4.39 Å². The molecule has 0 aliphatic carbocycles. The molecule has 2 rings (SSSR count). The molecule has 1 aromatic rings. The van der Waals surface area contributed by atoms with Crippen molar-refractivity contribution in [2.45, 2.75) is 26.1 Å². The maximum Gasteiger partial charge on any atom is 0.123 e. The molecule has 1 aliphatic rings. The van der Waals surface area contributed by atoms with Crippen molar-refractivity contribution in [3.05, 3.63) is 30.1 Å². The van der Waals surface area contributed by atoms with Crippen LogP contribution in [-0.4, -0.2) is 61.5 Å². The highest BCUT2D eigenvalue weighted by Crippen LogP contribution is 2.17. The average Bonchev–Trinajstić information content (AvgIpc) is 2.47. The quantitative estimate of drug-likeness (QED) is 0.867. The standard InChI is InChI=1S/C16H25FN2O2/c1-13(2)21-12-16(20)11-18-7-9-19(10-8-18)15-5-3-14(17)4-6-15/h3-6,13,16,20H,7-12H2,1-2H3. The van der Waals surface area contributed by atoms with Crippen LogP contribution in [0.5, 0.6) is 0 Å². The Balaban J connectivity index is 1.74. The van der Waals surface area contributed by atoms with Gasteiger partial charge < -0.3 is 14.7 Å². The summed E-state index contributed by atoms with van der Waals surface area (Å²) in [4.78, 5) is 4.49. The van der Waals surface area contributed by atoms with Crippen LogP contribution in [0.25, 0.3) is 0 Å². The minimum Gasteiger partial charge on any atom is -0.389 e. The molecule has 1 N–H and O–H groups in total. The van der Waals surface area contributed by atoms with E-state index >= 15 is 0 Å². The molecular formula is C16H25FN2O2. The lowest BCUT2D eigenvalue weighted by atomic mass is 10.2. The lowest BCUT2D eigenvalue weighted by Crippen LogP contribution is -2.49. The Bertz CT molecular complexity index is 417. The largest absolute Gasteiger partial charge is 0.389 e. The van der Waals surface area contributed by atoms with E-state index < -0.39 is 6.10 Å². The maximum atomic E-state index is 12.9. The second-order valence-corrected chi connectivity index (χ2v) is 5.80. The first-order valence-corrected chi connectivity index (χ1v) is 7.57. The molecule has 1 aromatic carbocycles. The first-order valence-electron chi connectivity index (χ1n) is 7.57. The van der Waals surface area contributed by atoms with Gasteiger partial charge in [-0.1, -0.05) is 0 Å². The molecular weight excluding hydrogens is 271 g/mol. The lowest BCUT2D eigenvalue weighted by molar-refractivity contribution is -0.00899. The number of hydrogen-bond donors (Lipinski definition) is 1. The third-order valence-corrected chi connectivity index (χ3v) is 3.65. The normalized spacial score (nSPS) is 18.2. The first-order chi connectivity index (χ1) is 10.0. The third kappa shape index (κ3) is 5.26. The number of ether oxygens (including phenoxy) is 1. The highest BCUT2D eigenvalue weighted by Gasteiger charge is 2.19. The van der Waals surface area contributed by atoms with Crippen molar-refractivity contribution in [3.63, 3.8) is 0 Å². The number of β-amino-alcohol motifs (C(OH)–C–C–N with tert-alkyl or cyclic N) is 1. The predicted octanol–water partition coefficient (Wildman–Crippen LogP) is 1.73. The number of aliphatic hydroxyl groups is 1. The van der Waals surface area contributed by atoms with Gasteiger partial charge in [0.15, 0.2) is 0 Å². The van der Waals surface area contributed by atoms with E-state index in [1.54, 1.807) is 0 Å². The molecule has 1 unspecified atom stereocenters. The zero-order valence-corrected chi connectivity index (χ0v) is 12.8. The van der Waals surface area contributed by atoms with E-state index in [9.17, 15) is 9.50 Å². The molecule has 4 nitrogen and oxygen atoms in total. The molecule has 21 heavy (non-hydrogen) atoms. The maximum absolute atomic E-state index is 12.9. The number of anilines is 1. The summed E-state index contributed by atoms with van der Waals surface area (Å²) in [6.45, 7) is 8.54. The second kappa shape index (κ2) is 7.73. The van der Waals surface area contributed by atoms with Crippen molar-refractivity contribution < 1.29 is 14.2 Å². The molecule has 1 heterocycles. The second-order valence-electron chi connectivity index (χ2n) is 5.80. The summed E-state index contributed by atoms with van der Waals surface area (Å²) in [5.74, 6) is -0.203. The third-order valence-electron chi connectivity index (χ3n) is 3.65. The van der Waals surface area contributed by atoms with E-state index in [2.05, 4.69) is 9.80 Å². The number of hydrogen-bond acceptors (Lipinski definition) is 4. The van der Waals surface area contributed by atoms with Crippen LogP contribution < -0.4 is 4.90 Å². The van der Waals surface area contributed by atoms with Crippen molar-refractivity contribution >= 4 is 5.69 Å². The van der Waals surface area contributed by atoms with Crippen molar-refractivity contribution in [2.75, 3.05) is 44.2 Å². The van der Waals surface area contributed by atoms with Gasteiger partial charge in [-0.15, -0.1) is 0 Å². The number of benzene rings is 1. The van der Waals surface area contributed by atoms with Gasteiger partial charge in [-0.05, 0) is 38.1 Å². The van der Waals surface area contributed by atoms with Gasteiger partial charge in [-0.3, -0.25) is 4.90 Å². The molecule has 0 aromatic heterocycles. The van der Waals surface area contributed by atoms with Crippen LogP contribution in [-0.2, 0) is 4.74 Å². The number of rotatable bonds is 6. The van der Waals surface area contributed by atoms with Crippen LogP contribution in [0.1, 0.15) is 13.8 Å². The number of halogens is 1. The fourth-order valence-corrected chi connectivity index (χ4v) is 2.49. The summed E-state index contributed by atoms with van der Waals surface area (Å²) in [5, 5.41) is 9.94. The average molecular weight is 296 g/mol. The van der Waals surface area contributed by atoms with E-state index in [0.717, 1.165) is 31.9 Å². The molecule has 1 fully saturated rings. The van der Waals surface area contributed by atoms with Crippen LogP contribution in [0, 0.1) is 5.82 Å². The van der Waals surface area contributed by atoms with E-state index in [1.807, 2.05) is 26.0 Å². The Morgan fingerprint density at radius 1 is 1.14 bits per heavy atom. The van der Waals surface area contributed by atoms with E-state index in [4.69, 9.17) is 4.74 Å².